The molecule has 0 radical (unpaired) electrons. The number of carbonyl (C=O) groups excluding carboxylic acids is 1. The number of terminal acetylenes is 1. The van der Waals surface area contributed by atoms with Gasteiger partial charge in [-0.05, 0) is 25.1 Å². The minimum absolute atomic E-state index is 0.0627. The maximum absolute atomic E-state index is 13.3. The van der Waals surface area contributed by atoms with E-state index in [0.29, 0.717) is 5.75 Å². The Bertz CT molecular complexity index is 744. The molecule has 0 saturated heterocycles. The summed E-state index contributed by atoms with van der Waals surface area (Å²) in [6.07, 6.45) is -4.37. The maximum atomic E-state index is 13.3. The molecule has 0 spiro atoms. The second-order valence-corrected chi connectivity index (χ2v) is 4.58. The SMILES string of the molecule is [2H]C#Cc1cc(OC)cc2c1OC(C(F)(F)F)C(C(=O)OCC)=C2. The molecular weight excluding hydrogens is 313 g/mol. The lowest BCUT2D eigenvalue weighted by Gasteiger charge is -2.28. The van der Waals surface area contributed by atoms with Crippen LogP contribution < -0.4 is 9.47 Å². The average Bonchev–Trinajstić information content (AvgIpc) is 2.53. The molecular formula is C16H13F3O4. The van der Waals surface area contributed by atoms with E-state index in [1.165, 1.54) is 26.2 Å². The summed E-state index contributed by atoms with van der Waals surface area (Å²) in [5.74, 6) is 1.39. The molecule has 1 aromatic carbocycles. The summed E-state index contributed by atoms with van der Waals surface area (Å²) >= 11 is 0. The zero-order valence-electron chi connectivity index (χ0n) is 13.3. The van der Waals surface area contributed by atoms with Crippen molar-refractivity contribution in [3.63, 3.8) is 0 Å². The van der Waals surface area contributed by atoms with E-state index in [-0.39, 0.29) is 23.5 Å². The van der Waals surface area contributed by atoms with Gasteiger partial charge in [0.15, 0.2) is 0 Å². The summed E-state index contributed by atoms with van der Waals surface area (Å²) in [5, 5.41) is 0. The lowest BCUT2D eigenvalue weighted by Crippen LogP contribution is -2.41. The molecule has 1 heterocycles. The zero-order valence-corrected chi connectivity index (χ0v) is 12.3. The molecule has 1 aliphatic rings. The first-order chi connectivity index (χ1) is 11.3. The van der Waals surface area contributed by atoms with Crippen LogP contribution in [-0.2, 0) is 9.53 Å². The fraction of sp³-hybridized carbons (Fsp3) is 0.312. The summed E-state index contributed by atoms with van der Waals surface area (Å²) in [6, 6.07) is 2.77. The molecule has 4 nitrogen and oxygen atoms in total. The Morgan fingerprint density at radius 2 is 2.26 bits per heavy atom. The van der Waals surface area contributed by atoms with Crippen molar-refractivity contribution >= 4 is 12.0 Å². The summed E-state index contributed by atoms with van der Waals surface area (Å²) in [7, 11) is 1.37. The van der Waals surface area contributed by atoms with Crippen LogP contribution in [0, 0.1) is 12.3 Å². The smallest absolute Gasteiger partial charge is 0.430 e. The lowest BCUT2D eigenvalue weighted by atomic mass is 9.98. The van der Waals surface area contributed by atoms with Gasteiger partial charge in [0.05, 0.1) is 24.9 Å². The molecule has 0 N–H and O–H groups in total. The summed E-state index contributed by atoms with van der Waals surface area (Å²) in [6.45, 7) is 1.42. The first-order valence-corrected chi connectivity index (χ1v) is 6.58. The molecule has 0 fully saturated rings. The van der Waals surface area contributed by atoms with E-state index in [2.05, 4.69) is 10.7 Å². The van der Waals surface area contributed by atoms with Crippen LogP contribution in [0.2, 0.25) is 0 Å². The Hall–Kier alpha value is -2.62. The monoisotopic (exact) mass is 327 g/mol. The molecule has 0 aliphatic carbocycles. The van der Waals surface area contributed by atoms with Crippen LogP contribution in [0.1, 0.15) is 19.4 Å². The molecule has 0 bridgehead atoms. The van der Waals surface area contributed by atoms with E-state index >= 15 is 0 Å². The minimum Gasteiger partial charge on any atom is -0.497 e. The molecule has 2 rings (SSSR count). The third-order valence-corrected chi connectivity index (χ3v) is 3.10. The van der Waals surface area contributed by atoms with Gasteiger partial charge in [-0.2, -0.15) is 13.2 Å². The minimum atomic E-state index is -4.82. The Morgan fingerprint density at radius 1 is 1.52 bits per heavy atom. The second-order valence-electron chi connectivity index (χ2n) is 4.58. The van der Waals surface area contributed by atoms with Crippen LogP contribution in [0.25, 0.3) is 6.08 Å². The molecule has 1 atom stereocenters. The number of benzene rings is 1. The molecule has 7 heteroatoms. The Kier molecular flexibility index (Phi) is 4.15. The Morgan fingerprint density at radius 3 is 2.83 bits per heavy atom. The van der Waals surface area contributed by atoms with Crippen molar-refractivity contribution in [1.29, 1.82) is 0 Å². The number of hydrogen-bond donors (Lipinski definition) is 0. The van der Waals surface area contributed by atoms with Gasteiger partial charge in [0, 0.05) is 5.56 Å². The van der Waals surface area contributed by atoms with E-state index in [9.17, 15) is 18.0 Å². The van der Waals surface area contributed by atoms with Crippen molar-refractivity contribution < 1.29 is 33.5 Å². The first kappa shape index (κ1) is 15.3. The number of methoxy groups -OCH3 is 1. The van der Waals surface area contributed by atoms with Gasteiger partial charge in [0.2, 0.25) is 6.10 Å². The van der Waals surface area contributed by atoms with E-state index < -0.39 is 23.8 Å². The number of esters is 1. The number of halogens is 3. The highest BCUT2D eigenvalue weighted by molar-refractivity contribution is 5.96. The van der Waals surface area contributed by atoms with Crippen LogP contribution in [0.3, 0.4) is 0 Å². The van der Waals surface area contributed by atoms with Gasteiger partial charge in [0.25, 0.3) is 0 Å². The molecule has 0 saturated carbocycles. The van der Waals surface area contributed by atoms with E-state index in [4.69, 9.17) is 10.8 Å². The summed E-state index contributed by atoms with van der Waals surface area (Å²) in [4.78, 5) is 11.9. The Labute approximate surface area is 132 Å². The van der Waals surface area contributed by atoms with Gasteiger partial charge in [-0.25, -0.2) is 4.79 Å². The third kappa shape index (κ3) is 3.26. The zero-order chi connectivity index (χ0) is 17.9. The Balaban J connectivity index is 2.65. The number of carbonyl (C=O) groups is 1. The van der Waals surface area contributed by atoms with Crippen LogP contribution in [0.5, 0.6) is 11.5 Å². The normalized spacial score (nSPS) is 16.8. The van der Waals surface area contributed by atoms with Gasteiger partial charge < -0.3 is 14.2 Å². The van der Waals surface area contributed by atoms with Crippen molar-refractivity contribution in [1.82, 2.24) is 0 Å². The van der Waals surface area contributed by atoms with Crippen LogP contribution >= 0.6 is 0 Å². The highest BCUT2D eigenvalue weighted by Crippen LogP contribution is 2.40. The van der Waals surface area contributed by atoms with Crippen molar-refractivity contribution in [3.05, 3.63) is 28.8 Å². The largest absolute Gasteiger partial charge is 0.497 e. The molecule has 0 aromatic heterocycles. The predicted octanol–water partition coefficient (Wildman–Crippen LogP) is 2.95. The van der Waals surface area contributed by atoms with Crippen LogP contribution in [0.4, 0.5) is 13.2 Å². The molecule has 23 heavy (non-hydrogen) atoms. The van der Waals surface area contributed by atoms with Gasteiger partial charge in [0.1, 0.15) is 12.9 Å². The van der Waals surface area contributed by atoms with E-state index in [1.807, 2.05) is 6.40 Å². The fourth-order valence-electron chi connectivity index (χ4n) is 2.12. The van der Waals surface area contributed by atoms with Crippen molar-refractivity contribution in [2.45, 2.75) is 19.2 Å². The molecule has 122 valence electrons. The van der Waals surface area contributed by atoms with E-state index in [0.717, 1.165) is 6.08 Å². The van der Waals surface area contributed by atoms with Gasteiger partial charge in [-0.1, -0.05) is 5.92 Å². The quantitative estimate of drug-likeness (QED) is 0.632. The fourth-order valence-corrected chi connectivity index (χ4v) is 2.12. The standard InChI is InChI=1S/C16H13F3O4/c1-4-9-6-11(21-3)7-10-8-12(15(20)22-5-2)14(16(17,18)19)23-13(9)10/h1,6-8,14H,5H2,2-3H3/i1D. The predicted molar refractivity (Wildman–Crippen MR) is 76.0 cm³/mol. The highest BCUT2D eigenvalue weighted by atomic mass is 19.4. The van der Waals surface area contributed by atoms with Crippen LogP contribution in [0.15, 0.2) is 17.7 Å². The first-order valence-electron chi connectivity index (χ1n) is 7.08. The maximum Gasteiger partial charge on any atom is 0.430 e. The van der Waals surface area contributed by atoms with Crippen LogP contribution in [-0.4, -0.2) is 32.0 Å². The second kappa shape index (κ2) is 6.24. The average molecular weight is 327 g/mol. The molecule has 1 unspecified atom stereocenters. The van der Waals surface area contributed by atoms with Gasteiger partial charge >= 0.3 is 12.1 Å². The number of rotatable bonds is 3. The van der Waals surface area contributed by atoms with E-state index in [1.54, 1.807) is 0 Å². The summed E-state index contributed by atoms with van der Waals surface area (Å²) < 4.78 is 61.5. The molecule has 1 aliphatic heterocycles. The molecule has 0 amide bonds. The van der Waals surface area contributed by atoms with Crippen molar-refractivity contribution in [2.75, 3.05) is 13.7 Å². The highest BCUT2D eigenvalue weighted by Gasteiger charge is 2.49. The number of fused-ring (bicyclic) bond motifs is 1. The van der Waals surface area contributed by atoms with Crippen molar-refractivity contribution in [3.8, 4) is 23.8 Å². The molecule has 1 aromatic rings. The van der Waals surface area contributed by atoms with Crippen molar-refractivity contribution in [2.24, 2.45) is 0 Å². The van der Waals surface area contributed by atoms with Gasteiger partial charge in [-0.3, -0.25) is 0 Å². The van der Waals surface area contributed by atoms with Gasteiger partial charge in [-0.15, -0.1) is 6.40 Å². The number of alkyl halides is 3. The number of ether oxygens (including phenoxy) is 3. The summed E-state index contributed by atoms with van der Waals surface area (Å²) in [5.41, 5.74) is -0.404. The third-order valence-electron chi connectivity index (χ3n) is 3.10. The topological polar surface area (TPSA) is 44.8 Å². The lowest BCUT2D eigenvalue weighted by molar-refractivity contribution is -0.187. The number of hydrogen-bond acceptors (Lipinski definition) is 4.